The fraction of sp³-hybridized carbons (Fsp3) is 0.933. The van der Waals surface area contributed by atoms with Crippen LogP contribution in [-0.2, 0) is 0 Å². The molecule has 0 aromatic rings. The van der Waals surface area contributed by atoms with Gasteiger partial charge in [0.1, 0.15) is 0 Å². The summed E-state index contributed by atoms with van der Waals surface area (Å²) >= 11 is 0. The fourth-order valence-corrected chi connectivity index (χ4v) is 2.36. The van der Waals surface area contributed by atoms with E-state index < -0.39 is 84.2 Å². The molecule has 0 fully saturated rings. The van der Waals surface area contributed by atoms with Gasteiger partial charge >= 0.3 is 71.6 Å². The molecule has 1 radical (unpaired) electrons. The molecule has 0 saturated carbocycles. The van der Waals surface area contributed by atoms with Crippen molar-refractivity contribution in [3.8, 4) is 0 Å². The third kappa shape index (κ3) is 4.31. The Morgan fingerprint density at radius 3 is 0.800 bits per heavy atom. The van der Waals surface area contributed by atoms with Crippen LogP contribution in [0.1, 0.15) is 13.3 Å². The molecule has 0 rings (SSSR count). The number of hydrogen-bond acceptors (Lipinski definition) is 0. The zero-order valence-corrected chi connectivity index (χ0v) is 17.7. The van der Waals surface area contributed by atoms with Crippen LogP contribution < -0.4 is 0 Å². The zero-order chi connectivity index (χ0) is 33.4. The van der Waals surface area contributed by atoms with Gasteiger partial charge in [0.25, 0.3) is 0 Å². The predicted molar refractivity (Wildman–Crippen MR) is 75.1 cm³/mol. The van der Waals surface area contributed by atoms with Gasteiger partial charge in [0.05, 0.1) is 0 Å². The summed E-state index contributed by atoms with van der Waals surface area (Å²) in [7, 11) is 0. The van der Waals surface area contributed by atoms with Crippen molar-refractivity contribution in [3.05, 3.63) is 6.43 Å². The molecule has 0 bridgehead atoms. The largest absolute Gasteiger partial charge is 0.385 e. The Morgan fingerprint density at radius 1 is 0.400 bits per heavy atom. The second-order valence-corrected chi connectivity index (χ2v) is 7.50. The van der Waals surface area contributed by atoms with Crippen molar-refractivity contribution in [2.75, 3.05) is 0 Å². The molecule has 0 N–H and O–H groups in total. The highest BCUT2D eigenvalue weighted by molar-refractivity contribution is 5.20. The molecule has 0 amide bonds. The summed E-state index contributed by atoms with van der Waals surface area (Å²) in [6.07, 6.45) is -12.2. The number of alkyl halides is 23. The molecule has 0 spiro atoms. The molecule has 0 saturated heterocycles. The van der Waals surface area contributed by atoms with Gasteiger partial charge in [0.2, 0.25) is 0 Å². The van der Waals surface area contributed by atoms with Crippen molar-refractivity contribution in [2.24, 2.45) is 0 Å². The lowest BCUT2D eigenvalue weighted by atomic mass is 9.84. The van der Waals surface area contributed by atoms with Crippen molar-refractivity contribution < 1.29 is 110 Å². The van der Waals surface area contributed by atoms with Crippen LogP contribution in [-0.4, -0.2) is 71.3 Å². The van der Waals surface area contributed by atoms with Crippen LogP contribution in [0.4, 0.5) is 110 Å². The van der Waals surface area contributed by atoms with Crippen molar-refractivity contribution in [1.82, 2.24) is 0 Å². The minimum absolute atomic E-state index is 0.0579. The van der Waals surface area contributed by atoms with Crippen molar-refractivity contribution >= 4 is 0 Å². The first-order valence-electron chi connectivity index (χ1n) is 8.91. The Kier molecular flexibility index (Phi) is 9.22. The quantitative estimate of drug-likeness (QED) is 0.173. The minimum Gasteiger partial charge on any atom is -0.241 e. The van der Waals surface area contributed by atoms with Crippen molar-refractivity contribution in [2.45, 2.75) is 84.7 Å². The van der Waals surface area contributed by atoms with Gasteiger partial charge in [0, 0.05) is 0 Å². The SMILES string of the molecule is CCC(F)C(F)(F)C(F)(F)C(F)(F)C(F)(F)C(F)(F)C(F)(F)C(F)(F)C(F)(F)C(F)(F)C(F)(F)C(F)(F)[C](F)F. The van der Waals surface area contributed by atoms with Crippen LogP contribution in [0.3, 0.4) is 0 Å². The highest BCUT2D eigenvalue weighted by Crippen LogP contribution is 2.67. The maximum absolute atomic E-state index is 13.6. The topological polar surface area (TPSA) is 0 Å². The Morgan fingerprint density at radius 2 is 0.600 bits per heavy atom. The first-order chi connectivity index (χ1) is 16.9. The number of hydrogen-bond donors (Lipinski definition) is 0. The van der Waals surface area contributed by atoms with E-state index in [0.29, 0.717) is 0 Å². The first-order valence-corrected chi connectivity index (χ1v) is 8.91. The standard InChI is InChI=1S/C15H6F25/c1-2-3(16)5(19,20)7(23,24)9(27,28)11(31,32)13(35,36)15(39,40)14(37,38)12(33,34)10(29,30)8(25,26)6(21,22)4(17)18/h3H,2H2,1H3. The van der Waals surface area contributed by atoms with Gasteiger partial charge in [-0.05, 0) is 6.42 Å². The van der Waals surface area contributed by atoms with Gasteiger partial charge in [-0.25, -0.2) is 4.39 Å². The van der Waals surface area contributed by atoms with E-state index in [0.717, 1.165) is 0 Å². The summed E-state index contributed by atoms with van der Waals surface area (Å²) < 4.78 is 330. The maximum Gasteiger partial charge on any atom is 0.385 e. The van der Waals surface area contributed by atoms with Crippen LogP contribution in [0, 0.1) is 6.43 Å². The third-order valence-electron chi connectivity index (χ3n) is 4.96. The molecular weight excluding hydrogens is 655 g/mol. The van der Waals surface area contributed by atoms with Gasteiger partial charge < -0.3 is 0 Å². The molecule has 241 valence electrons. The molecule has 0 nitrogen and oxygen atoms in total. The molecule has 0 aromatic carbocycles. The molecular formula is C15H6F25. The van der Waals surface area contributed by atoms with Gasteiger partial charge in [-0.3, -0.25) is 0 Å². The van der Waals surface area contributed by atoms with E-state index in [1.165, 1.54) is 0 Å². The highest BCUT2D eigenvalue weighted by Gasteiger charge is 2.99. The van der Waals surface area contributed by atoms with Crippen LogP contribution in [0.25, 0.3) is 0 Å². The van der Waals surface area contributed by atoms with Gasteiger partial charge in [-0.1, -0.05) is 6.92 Å². The predicted octanol–water partition coefficient (Wildman–Crippen LogP) is 9.15. The normalized spacial score (nSPS) is 17.5. The van der Waals surface area contributed by atoms with E-state index in [1.54, 1.807) is 0 Å². The summed E-state index contributed by atoms with van der Waals surface area (Å²) in [5.41, 5.74) is 0. The van der Waals surface area contributed by atoms with E-state index in [-0.39, 0.29) is 6.92 Å². The summed E-state index contributed by atoms with van der Waals surface area (Å²) in [5.74, 6) is -97.7. The lowest BCUT2D eigenvalue weighted by molar-refractivity contribution is -0.475. The van der Waals surface area contributed by atoms with E-state index in [2.05, 4.69) is 0 Å². The average Bonchev–Trinajstić information content (AvgIpc) is 2.76. The summed E-state index contributed by atoms with van der Waals surface area (Å²) in [6.45, 7) is 0.0579. The van der Waals surface area contributed by atoms with Gasteiger partial charge in [-0.2, -0.15) is 105 Å². The molecule has 25 heteroatoms. The summed E-state index contributed by atoms with van der Waals surface area (Å²) in [4.78, 5) is 0. The average molecular weight is 661 g/mol. The first kappa shape index (κ1) is 38.2. The highest BCUT2D eigenvalue weighted by atomic mass is 19.4. The van der Waals surface area contributed by atoms with Crippen LogP contribution in [0.2, 0.25) is 0 Å². The molecule has 1 unspecified atom stereocenters. The molecule has 0 aliphatic rings. The zero-order valence-electron chi connectivity index (χ0n) is 17.7. The van der Waals surface area contributed by atoms with Crippen LogP contribution in [0.5, 0.6) is 0 Å². The number of halogens is 25. The molecule has 0 aliphatic carbocycles. The van der Waals surface area contributed by atoms with Crippen LogP contribution in [0.15, 0.2) is 0 Å². The Bertz CT molecular complexity index is 896. The molecule has 0 heterocycles. The second kappa shape index (κ2) is 9.64. The van der Waals surface area contributed by atoms with Gasteiger partial charge in [-0.15, -0.1) is 0 Å². The second-order valence-electron chi connectivity index (χ2n) is 7.50. The number of rotatable bonds is 13. The van der Waals surface area contributed by atoms with Crippen LogP contribution >= 0.6 is 0 Å². The van der Waals surface area contributed by atoms with E-state index in [1.807, 2.05) is 0 Å². The lowest BCUT2D eigenvalue weighted by Gasteiger charge is -2.45. The molecule has 40 heavy (non-hydrogen) atoms. The van der Waals surface area contributed by atoms with Gasteiger partial charge in [0.15, 0.2) is 6.17 Å². The lowest BCUT2D eigenvalue weighted by Crippen LogP contribution is -2.78. The smallest absolute Gasteiger partial charge is 0.241 e. The monoisotopic (exact) mass is 661 g/mol. The molecule has 0 aliphatic heterocycles. The minimum atomic E-state index is -9.53. The molecule has 1 atom stereocenters. The maximum atomic E-state index is 13.6. The molecule has 0 aromatic heterocycles. The third-order valence-corrected chi connectivity index (χ3v) is 4.96. The van der Waals surface area contributed by atoms with E-state index >= 15 is 0 Å². The summed E-state index contributed by atoms with van der Waals surface area (Å²) in [6, 6.07) is 0. The Balaban J connectivity index is 7.30. The summed E-state index contributed by atoms with van der Waals surface area (Å²) in [5, 5.41) is 0. The van der Waals surface area contributed by atoms with Crippen molar-refractivity contribution in [3.63, 3.8) is 0 Å². The van der Waals surface area contributed by atoms with E-state index in [9.17, 15) is 110 Å². The van der Waals surface area contributed by atoms with Crippen molar-refractivity contribution in [1.29, 1.82) is 0 Å². The fourth-order valence-electron chi connectivity index (χ4n) is 2.36. The Labute approximate surface area is 202 Å². The Hall–Kier alpha value is -1.75. The van der Waals surface area contributed by atoms with E-state index in [4.69, 9.17) is 0 Å².